The largest absolute Gasteiger partial charge is 0.548 e. The van der Waals surface area contributed by atoms with E-state index in [-0.39, 0.29) is 12.4 Å². The van der Waals surface area contributed by atoms with Gasteiger partial charge in [0.25, 0.3) is 0 Å². The molecule has 3 N–H and O–H groups in total. The minimum Gasteiger partial charge on any atom is -0.548 e. The highest BCUT2D eigenvalue weighted by Gasteiger charge is 2.02. The molecule has 0 radical (unpaired) electrons. The molecule has 0 rings (SSSR count). The van der Waals surface area contributed by atoms with Crippen LogP contribution in [0.2, 0.25) is 0 Å². The fraction of sp³-hybridized carbons (Fsp3) is 0.875. The Bertz CT molecular complexity index is 159. The third kappa shape index (κ3) is 14.2. The van der Waals surface area contributed by atoms with Gasteiger partial charge in [0.15, 0.2) is 0 Å². The fourth-order valence-electron chi connectivity index (χ4n) is 0.375. The van der Waals surface area contributed by atoms with Gasteiger partial charge in [0.1, 0.15) is 6.54 Å². The van der Waals surface area contributed by atoms with Crippen LogP contribution >= 0.6 is 12.6 Å². The number of aliphatic hydroxyl groups excluding tert-OH is 1. The van der Waals surface area contributed by atoms with Crippen LogP contribution in [-0.2, 0) is 4.79 Å². The van der Waals surface area contributed by atoms with Crippen LogP contribution in [0.1, 0.15) is 0 Å². The van der Waals surface area contributed by atoms with E-state index in [0.29, 0.717) is 0 Å². The van der Waals surface area contributed by atoms with Crippen LogP contribution in [0.25, 0.3) is 0 Å². The maximum absolute atomic E-state index is 9.65. The normalized spacial score (nSPS) is 12.7. The Hall–Kier alpha value is -0.300. The van der Waals surface area contributed by atoms with Gasteiger partial charge in [0, 0.05) is 5.75 Å². The number of quaternary nitrogens is 1. The molecule has 0 aromatic carbocycles. The van der Waals surface area contributed by atoms with E-state index in [0.717, 1.165) is 11.0 Å². The highest BCUT2D eigenvalue weighted by Crippen LogP contribution is 1.84. The van der Waals surface area contributed by atoms with Crippen LogP contribution in [0.15, 0.2) is 0 Å². The van der Waals surface area contributed by atoms with Crippen LogP contribution in [0.5, 0.6) is 0 Å². The van der Waals surface area contributed by atoms with Crippen molar-refractivity contribution in [2.45, 2.75) is 6.04 Å². The van der Waals surface area contributed by atoms with Gasteiger partial charge in [0.05, 0.1) is 39.8 Å². The van der Waals surface area contributed by atoms with E-state index in [9.17, 15) is 9.90 Å². The van der Waals surface area contributed by atoms with Crippen LogP contribution in [0, 0.1) is 0 Å². The minimum absolute atomic E-state index is 0.127. The molecular formula is C8H20N2O3S. The smallest absolute Gasteiger partial charge is 0.101 e. The van der Waals surface area contributed by atoms with Crippen molar-refractivity contribution in [1.82, 2.24) is 0 Å². The zero-order valence-electron chi connectivity index (χ0n) is 8.93. The van der Waals surface area contributed by atoms with E-state index in [1.54, 1.807) is 0 Å². The fourth-order valence-corrected chi connectivity index (χ4v) is 0.524. The lowest BCUT2D eigenvalue weighted by molar-refractivity contribution is -0.870. The Kier molecular flexibility index (Phi) is 9.28. The number of nitrogens with two attached hydrogens (primary N) is 1. The number of nitrogens with zero attached hydrogens (tertiary/aromatic N) is 1. The zero-order chi connectivity index (χ0) is 11.8. The lowest BCUT2D eigenvalue weighted by Gasteiger charge is -2.21. The molecule has 0 aliphatic rings. The second kappa shape index (κ2) is 8.05. The molecule has 86 valence electrons. The first kappa shape index (κ1) is 16.1. The number of aliphatic carboxylic acids is 1. The third-order valence-electron chi connectivity index (χ3n) is 1.27. The van der Waals surface area contributed by atoms with Crippen molar-refractivity contribution in [3.63, 3.8) is 0 Å². The first-order chi connectivity index (χ1) is 6.24. The van der Waals surface area contributed by atoms with Gasteiger partial charge in [-0.1, -0.05) is 0 Å². The van der Waals surface area contributed by atoms with E-state index in [4.69, 9.17) is 10.8 Å². The number of likely N-dealkylation sites (N-methyl/N-ethyl adjacent to an activating group) is 1. The van der Waals surface area contributed by atoms with E-state index in [2.05, 4.69) is 33.8 Å². The molecule has 0 bridgehead atoms. The summed E-state index contributed by atoms with van der Waals surface area (Å²) in [5.41, 5.74) is 4.88. The monoisotopic (exact) mass is 224 g/mol. The van der Waals surface area contributed by atoms with Crippen molar-refractivity contribution in [2.24, 2.45) is 5.73 Å². The molecule has 14 heavy (non-hydrogen) atoms. The van der Waals surface area contributed by atoms with E-state index in [1.165, 1.54) is 0 Å². The summed E-state index contributed by atoms with van der Waals surface area (Å²) in [7, 11) is 6.16. The molecule has 6 heteroatoms. The maximum Gasteiger partial charge on any atom is 0.101 e. The minimum atomic E-state index is -1.25. The molecule has 0 heterocycles. The average molecular weight is 224 g/mol. The number of thiol groups is 1. The first-order valence-electron chi connectivity index (χ1n) is 4.23. The number of carbonyl (C=O) groups excluding carboxylic acids is 1. The molecule has 0 amide bonds. The summed E-state index contributed by atoms with van der Waals surface area (Å²) in [5, 5.41) is 18.0. The number of carboxylic acids is 1. The zero-order valence-corrected chi connectivity index (χ0v) is 9.83. The van der Waals surface area contributed by atoms with Gasteiger partial charge in [0.2, 0.25) is 0 Å². The Labute approximate surface area is 90.5 Å². The molecule has 0 fully saturated rings. The van der Waals surface area contributed by atoms with Gasteiger partial charge < -0.3 is 25.2 Å². The predicted molar refractivity (Wildman–Crippen MR) is 56.8 cm³/mol. The van der Waals surface area contributed by atoms with Crippen molar-refractivity contribution < 1.29 is 19.5 Å². The number of hydrogen-bond donors (Lipinski definition) is 3. The van der Waals surface area contributed by atoms with Crippen LogP contribution in [0.4, 0.5) is 0 Å². The molecule has 1 atom stereocenters. The Morgan fingerprint density at radius 1 is 1.57 bits per heavy atom. The molecule has 0 aliphatic carbocycles. The van der Waals surface area contributed by atoms with Crippen molar-refractivity contribution in [3.05, 3.63) is 0 Å². The van der Waals surface area contributed by atoms with Crippen molar-refractivity contribution >= 4 is 18.6 Å². The van der Waals surface area contributed by atoms with Gasteiger partial charge in [-0.05, 0) is 0 Å². The van der Waals surface area contributed by atoms with Crippen LogP contribution in [0.3, 0.4) is 0 Å². The molecule has 0 aromatic rings. The molecular weight excluding hydrogens is 204 g/mol. The molecule has 0 saturated carbocycles. The van der Waals surface area contributed by atoms with Crippen LogP contribution in [-0.4, -0.2) is 61.6 Å². The Balaban J connectivity index is 0. The highest BCUT2D eigenvalue weighted by molar-refractivity contribution is 7.80. The number of carbonyl (C=O) groups is 1. The summed E-state index contributed by atoms with van der Waals surface area (Å²) in [6, 6.07) is -0.927. The summed E-state index contributed by atoms with van der Waals surface area (Å²) >= 11 is 3.61. The standard InChI is InChI=1S/C5H14NO.C3H7NO2S/c1-6(2,3)4-5-7;4-2(1-7)3(5)6/h7H,4-5H2,1-3H3;2,7H,1,4H2,(H,5,6)/q+1;/p-1/t;2-/m.0/s1. The van der Waals surface area contributed by atoms with Gasteiger partial charge in [-0.3, -0.25) is 0 Å². The predicted octanol–water partition coefficient (Wildman–Crippen LogP) is -2.32. The van der Waals surface area contributed by atoms with Gasteiger partial charge >= 0.3 is 0 Å². The van der Waals surface area contributed by atoms with E-state index >= 15 is 0 Å². The second-order valence-corrected chi connectivity index (χ2v) is 4.21. The molecule has 0 unspecified atom stereocenters. The van der Waals surface area contributed by atoms with Gasteiger partial charge in [-0.2, -0.15) is 12.6 Å². The highest BCUT2D eigenvalue weighted by atomic mass is 32.1. The summed E-state index contributed by atoms with van der Waals surface area (Å²) in [5.74, 6) is -1.13. The summed E-state index contributed by atoms with van der Waals surface area (Å²) in [6.07, 6.45) is 0. The third-order valence-corrected chi connectivity index (χ3v) is 1.66. The number of hydrogen-bond acceptors (Lipinski definition) is 5. The number of carboxylic acid groups (broad SMARTS) is 1. The molecule has 5 nitrogen and oxygen atoms in total. The summed E-state index contributed by atoms with van der Waals surface area (Å²) in [4.78, 5) is 9.65. The average Bonchev–Trinajstić information content (AvgIpc) is 2.01. The first-order valence-corrected chi connectivity index (χ1v) is 4.86. The molecule has 0 aliphatic heterocycles. The summed E-state index contributed by atoms with van der Waals surface area (Å²) < 4.78 is 0.844. The second-order valence-electron chi connectivity index (χ2n) is 3.85. The molecule has 0 aromatic heterocycles. The van der Waals surface area contributed by atoms with Crippen molar-refractivity contribution in [1.29, 1.82) is 0 Å². The van der Waals surface area contributed by atoms with E-state index < -0.39 is 12.0 Å². The molecule has 0 spiro atoms. The lowest BCUT2D eigenvalue weighted by Crippen LogP contribution is -2.42. The van der Waals surface area contributed by atoms with Gasteiger partial charge in [-0.15, -0.1) is 0 Å². The van der Waals surface area contributed by atoms with Crippen molar-refractivity contribution in [2.75, 3.05) is 40.0 Å². The Morgan fingerprint density at radius 2 is 2.00 bits per heavy atom. The SMILES string of the molecule is C[N+](C)(C)CCO.N[C@@H](CS)C(=O)[O-]. The number of aliphatic hydroxyl groups is 1. The van der Waals surface area contributed by atoms with Crippen LogP contribution < -0.4 is 10.8 Å². The summed E-state index contributed by atoms with van der Waals surface area (Å²) in [6.45, 7) is 1.11. The Morgan fingerprint density at radius 3 is 2.00 bits per heavy atom. The lowest BCUT2D eigenvalue weighted by atomic mass is 10.4. The van der Waals surface area contributed by atoms with E-state index in [1.807, 2.05) is 0 Å². The quantitative estimate of drug-likeness (QED) is 0.369. The van der Waals surface area contributed by atoms with Gasteiger partial charge in [-0.25, -0.2) is 0 Å². The molecule has 0 saturated heterocycles. The number of rotatable bonds is 4. The topological polar surface area (TPSA) is 86.4 Å². The maximum atomic E-state index is 9.65. The van der Waals surface area contributed by atoms with Crippen molar-refractivity contribution in [3.8, 4) is 0 Å².